The van der Waals surface area contributed by atoms with Crippen LogP contribution in [0.5, 0.6) is 0 Å². The number of hydrogen-bond donors (Lipinski definition) is 3. The van der Waals surface area contributed by atoms with Gasteiger partial charge in [-0.3, -0.25) is 9.59 Å². The van der Waals surface area contributed by atoms with Gasteiger partial charge >= 0.3 is 0 Å². The van der Waals surface area contributed by atoms with Gasteiger partial charge in [-0.2, -0.15) is 0 Å². The van der Waals surface area contributed by atoms with Gasteiger partial charge in [-0.05, 0) is 37.1 Å². The van der Waals surface area contributed by atoms with Crippen molar-refractivity contribution in [3.05, 3.63) is 22.4 Å². The number of hydrogen-bond acceptors (Lipinski definition) is 4. The number of carbonyl (C=O) groups is 2. The molecular formula is C13H19N3O2S. The van der Waals surface area contributed by atoms with Crippen molar-refractivity contribution >= 4 is 23.2 Å². The fraction of sp³-hybridized carbons (Fsp3) is 0.538. The van der Waals surface area contributed by atoms with E-state index >= 15 is 0 Å². The van der Waals surface area contributed by atoms with Crippen LogP contribution in [0.15, 0.2) is 17.5 Å². The van der Waals surface area contributed by atoms with E-state index in [-0.39, 0.29) is 23.9 Å². The van der Waals surface area contributed by atoms with Crippen LogP contribution in [-0.2, 0) is 4.79 Å². The third-order valence-electron chi connectivity index (χ3n) is 3.48. The molecule has 1 saturated carbocycles. The average molecular weight is 281 g/mol. The molecule has 1 aliphatic rings. The standard InChI is InChI=1S/C13H19N3O2S/c1-13(8-14,9-4-5-9)16-11(17)7-15-12(18)10-3-2-6-19-10/h2-3,6,9H,4-5,7-8,14H2,1H3,(H,15,18)(H,16,17). The lowest BCUT2D eigenvalue weighted by molar-refractivity contribution is -0.122. The zero-order valence-corrected chi connectivity index (χ0v) is 11.8. The van der Waals surface area contributed by atoms with Crippen molar-refractivity contribution in [2.75, 3.05) is 13.1 Å². The lowest BCUT2D eigenvalue weighted by atomic mass is 9.96. The summed E-state index contributed by atoms with van der Waals surface area (Å²) in [7, 11) is 0. The van der Waals surface area contributed by atoms with E-state index in [9.17, 15) is 9.59 Å². The van der Waals surface area contributed by atoms with Crippen LogP contribution in [0.4, 0.5) is 0 Å². The van der Waals surface area contributed by atoms with Crippen molar-refractivity contribution < 1.29 is 9.59 Å². The molecule has 104 valence electrons. The van der Waals surface area contributed by atoms with Crippen molar-refractivity contribution in [3.63, 3.8) is 0 Å². The van der Waals surface area contributed by atoms with Gasteiger partial charge in [0.15, 0.2) is 0 Å². The maximum atomic E-state index is 11.8. The van der Waals surface area contributed by atoms with Gasteiger partial charge in [-0.25, -0.2) is 0 Å². The lowest BCUT2D eigenvalue weighted by Crippen LogP contribution is -2.55. The highest BCUT2D eigenvalue weighted by Crippen LogP contribution is 2.38. The van der Waals surface area contributed by atoms with Crippen LogP contribution >= 0.6 is 11.3 Å². The molecule has 0 saturated heterocycles. The van der Waals surface area contributed by atoms with Gasteiger partial charge in [0, 0.05) is 6.54 Å². The van der Waals surface area contributed by atoms with Gasteiger partial charge in [0.25, 0.3) is 5.91 Å². The minimum Gasteiger partial charge on any atom is -0.348 e. The monoisotopic (exact) mass is 281 g/mol. The summed E-state index contributed by atoms with van der Waals surface area (Å²) < 4.78 is 0. The second kappa shape index (κ2) is 5.71. The second-order valence-corrected chi connectivity index (χ2v) is 6.05. The van der Waals surface area contributed by atoms with Crippen molar-refractivity contribution in [2.24, 2.45) is 11.7 Å². The maximum absolute atomic E-state index is 11.8. The summed E-state index contributed by atoms with van der Waals surface area (Å²) in [5.41, 5.74) is 5.39. The fourth-order valence-electron chi connectivity index (χ4n) is 2.06. The fourth-order valence-corrected chi connectivity index (χ4v) is 2.70. The molecule has 0 aliphatic heterocycles. The van der Waals surface area contributed by atoms with E-state index < -0.39 is 0 Å². The molecule has 0 radical (unpaired) electrons. The first-order valence-corrected chi connectivity index (χ1v) is 7.26. The average Bonchev–Trinajstić information content (AvgIpc) is 3.12. The number of nitrogens with two attached hydrogens (primary N) is 1. The third kappa shape index (κ3) is 3.54. The van der Waals surface area contributed by atoms with Gasteiger partial charge in [0.1, 0.15) is 0 Å². The summed E-state index contributed by atoms with van der Waals surface area (Å²) in [5, 5.41) is 7.37. The third-order valence-corrected chi connectivity index (χ3v) is 4.35. The Hall–Kier alpha value is -1.40. The molecule has 1 aliphatic carbocycles. The van der Waals surface area contributed by atoms with E-state index in [0.717, 1.165) is 12.8 Å². The molecule has 1 atom stereocenters. The van der Waals surface area contributed by atoms with E-state index in [2.05, 4.69) is 10.6 Å². The highest BCUT2D eigenvalue weighted by atomic mass is 32.1. The van der Waals surface area contributed by atoms with Crippen LogP contribution in [0.25, 0.3) is 0 Å². The molecule has 1 heterocycles. The van der Waals surface area contributed by atoms with Gasteiger partial charge in [-0.15, -0.1) is 11.3 Å². The predicted octanol–water partition coefficient (Wildman–Crippen LogP) is 0.721. The minimum absolute atomic E-state index is 0.0148. The van der Waals surface area contributed by atoms with Crippen molar-refractivity contribution in [2.45, 2.75) is 25.3 Å². The van der Waals surface area contributed by atoms with Crippen molar-refractivity contribution in [1.82, 2.24) is 10.6 Å². The van der Waals surface area contributed by atoms with E-state index in [1.54, 1.807) is 12.1 Å². The van der Waals surface area contributed by atoms with Gasteiger partial charge in [0.05, 0.1) is 17.0 Å². The van der Waals surface area contributed by atoms with Gasteiger partial charge in [0.2, 0.25) is 5.91 Å². The highest BCUT2D eigenvalue weighted by molar-refractivity contribution is 7.12. The first-order valence-electron chi connectivity index (χ1n) is 6.38. The minimum atomic E-state index is -0.343. The van der Waals surface area contributed by atoms with Crippen LogP contribution < -0.4 is 16.4 Å². The van der Waals surface area contributed by atoms with Crippen LogP contribution in [0.1, 0.15) is 29.4 Å². The van der Waals surface area contributed by atoms with E-state index in [1.165, 1.54) is 11.3 Å². The number of nitrogens with one attached hydrogen (secondary N) is 2. The summed E-state index contributed by atoms with van der Waals surface area (Å²) >= 11 is 1.35. The van der Waals surface area contributed by atoms with Crippen LogP contribution in [0, 0.1) is 5.92 Å². The number of thiophene rings is 1. The second-order valence-electron chi connectivity index (χ2n) is 5.10. The summed E-state index contributed by atoms with van der Waals surface area (Å²) in [6.07, 6.45) is 2.21. The molecule has 1 fully saturated rings. The first kappa shape index (κ1) is 14.0. The predicted molar refractivity (Wildman–Crippen MR) is 75.0 cm³/mol. The molecule has 0 spiro atoms. The Bertz CT molecular complexity index is 456. The lowest BCUT2D eigenvalue weighted by Gasteiger charge is -2.29. The van der Waals surface area contributed by atoms with Crippen LogP contribution in [0.3, 0.4) is 0 Å². The summed E-state index contributed by atoms with van der Waals surface area (Å²) in [6.45, 7) is 2.37. The van der Waals surface area contributed by atoms with E-state index in [0.29, 0.717) is 17.3 Å². The SMILES string of the molecule is CC(CN)(NC(=O)CNC(=O)c1cccs1)C1CC1. The normalized spacial score (nSPS) is 17.6. The molecular weight excluding hydrogens is 262 g/mol. The molecule has 0 aromatic carbocycles. The Labute approximate surface area is 116 Å². The Kier molecular flexibility index (Phi) is 4.21. The first-order chi connectivity index (χ1) is 9.05. The highest BCUT2D eigenvalue weighted by Gasteiger charge is 2.41. The quantitative estimate of drug-likeness (QED) is 0.718. The molecule has 1 aromatic rings. The molecule has 1 aromatic heterocycles. The molecule has 0 bridgehead atoms. The molecule has 2 amide bonds. The molecule has 6 heteroatoms. The number of rotatable bonds is 6. The van der Waals surface area contributed by atoms with Crippen molar-refractivity contribution in [1.29, 1.82) is 0 Å². The zero-order valence-electron chi connectivity index (χ0n) is 10.9. The smallest absolute Gasteiger partial charge is 0.261 e. The Balaban J connectivity index is 1.80. The number of amides is 2. The Morgan fingerprint density at radius 2 is 2.26 bits per heavy atom. The summed E-state index contributed by atoms with van der Waals surface area (Å²) in [6, 6.07) is 3.53. The summed E-state index contributed by atoms with van der Waals surface area (Å²) in [5.74, 6) is 0.0604. The molecule has 19 heavy (non-hydrogen) atoms. The van der Waals surface area contributed by atoms with E-state index in [4.69, 9.17) is 5.73 Å². The van der Waals surface area contributed by atoms with Crippen molar-refractivity contribution in [3.8, 4) is 0 Å². The molecule has 1 unspecified atom stereocenters. The number of carbonyl (C=O) groups excluding carboxylic acids is 2. The van der Waals surface area contributed by atoms with Crippen LogP contribution in [-0.4, -0.2) is 30.4 Å². The molecule has 2 rings (SSSR count). The Morgan fingerprint density at radius 1 is 1.53 bits per heavy atom. The zero-order chi connectivity index (χ0) is 13.9. The van der Waals surface area contributed by atoms with E-state index in [1.807, 2.05) is 12.3 Å². The topological polar surface area (TPSA) is 84.2 Å². The maximum Gasteiger partial charge on any atom is 0.261 e. The Morgan fingerprint density at radius 3 is 2.79 bits per heavy atom. The van der Waals surface area contributed by atoms with Gasteiger partial charge in [-0.1, -0.05) is 6.07 Å². The molecule has 4 N–H and O–H groups in total. The van der Waals surface area contributed by atoms with Crippen LogP contribution in [0.2, 0.25) is 0 Å². The summed E-state index contributed by atoms with van der Waals surface area (Å²) in [4.78, 5) is 24.1. The van der Waals surface area contributed by atoms with Gasteiger partial charge < -0.3 is 16.4 Å². The largest absolute Gasteiger partial charge is 0.348 e. The molecule has 5 nitrogen and oxygen atoms in total.